The van der Waals surface area contributed by atoms with Crippen LogP contribution in [0, 0.1) is 24.7 Å². The molecule has 0 spiro atoms. The van der Waals surface area contributed by atoms with E-state index in [9.17, 15) is 8.42 Å². The summed E-state index contributed by atoms with van der Waals surface area (Å²) < 4.78 is 23.4. The van der Waals surface area contributed by atoms with Crippen LogP contribution in [0.25, 0.3) is 0 Å². The van der Waals surface area contributed by atoms with Crippen LogP contribution in [0.5, 0.6) is 0 Å². The van der Waals surface area contributed by atoms with E-state index in [1.54, 1.807) is 12.1 Å². The fourth-order valence-electron chi connectivity index (χ4n) is 3.74. The fourth-order valence-corrected chi connectivity index (χ4v) is 4.38. The number of aryl methyl sites for hydroxylation is 1. The predicted molar refractivity (Wildman–Crippen MR) is 86.2 cm³/mol. The third-order valence-corrected chi connectivity index (χ3v) is 6.10. The number of nitrogens with one attached hydrogen (secondary N) is 1. The van der Waals surface area contributed by atoms with Crippen molar-refractivity contribution in [2.24, 2.45) is 17.8 Å². The molecule has 0 heterocycles. The van der Waals surface area contributed by atoms with Crippen LogP contribution in [0.15, 0.2) is 35.2 Å². The van der Waals surface area contributed by atoms with Gasteiger partial charge in [-0.3, -0.25) is 0 Å². The summed E-state index contributed by atoms with van der Waals surface area (Å²) in [6.07, 6.45) is 8.50. The summed E-state index contributed by atoms with van der Waals surface area (Å²) in [4.78, 5) is 0.385. The highest BCUT2D eigenvalue weighted by atomic mass is 32.2. The van der Waals surface area contributed by atoms with Gasteiger partial charge in [-0.05, 0) is 62.1 Å². The van der Waals surface area contributed by atoms with Crippen molar-refractivity contribution in [3.8, 4) is 0 Å². The first-order valence-corrected chi connectivity index (χ1v) is 9.49. The zero-order valence-corrected chi connectivity index (χ0v) is 13.7. The number of sulfone groups is 1. The molecular weight excluding hydrogens is 282 g/mol. The second-order valence-electron chi connectivity index (χ2n) is 6.63. The van der Waals surface area contributed by atoms with Gasteiger partial charge in [0.15, 0.2) is 9.84 Å². The molecular formula is C17H23NO2S. The van der Waals surface area contributed by atoms with Gasteiger partial charge in [0, 0.05) is 18.0 Å². The maximum absolute atomic E-state index is 11.7. The first kappa shape index (κ1) is 14.6. The molecule has 3 rings (SSSR count). The zero-order valence-electron chi connectivity index (χ0n) is 12.8. The van der Waals surface area contributed by atoms with E-state index in [0.29, 0.717) is 22.8 Å². The molecule has 0 radical (unpaired) electrons. The SMILES string of the molecule is Cc1ccc(S(C)(=O)=O)cc1NC(C)C1CC2C=CC1C2. The van der Waals surface area contributed by atoms with Crippen LogP contribution in [0.3, 0.4) is 0 Å². The molecule has 4 unspecified atom stereocenters. The highest BCUT2D eigenvalue weighted by molar-refractivity contribution is 7.90. The summed E-state index contributed by atoms with van der Waals surface area (Å²) in [5, 5.41) is 3.55. The van der Waals surface area contributed by atoms with Gasteiger partial charge in [-0.15, -0.1) is 0 Å². The van der Waals surface area contributed by atoms with Crippen LogP contribution in [0.1, 0.15) is 25.3 Å². The maximum Gasteiger partial charge on any atom is 0.175 e. The van der Waals surface area contributed by atoms with Crippen molar-refractivity contribution < 1.29 is 8.42 Å². The Bertz CT molecular complexity index is 678. The molecule has 0 aromatic heterocycles. The maximum atomic E-state index is 11.7. The molecule has 21 heavy (non-hydrogen) atoms. The van der Waals surface area contributed by atoms with Crippen LogP contribution in [0.2, 0.25) is 0 Å². The normalized spacial score (nSPS) is 28.8. The number of hydrogen-bond donors (Lipinski definition) is 1. The van der Waals surface area contributed by atoms with Crippen molar-refractivity contribution >= 4 is 15.5 Å². The van der Waals surface area contributed by atoms with Crippen molar-refractivity contribution in [1.82, 2.24) is 0 Å². The molecule has 2 bridgehead atoms. The molecule has 1 aromatic carbocycles. The van der Waals surface area contributed by atoms with Crippen LogP contribution in [-0.4, -0.2) is 20.7 Å². The smallest absolute Gasteiger partial charge is 0.175 e. The summed E-state index contributed by atoms with van der Waals surface area (Å²) in [5.41, 5.74) is 2.03. The van der Waals surface area contributed by atoms with E-state index in [2.05, 4.69) is 24.4 Å². The van der Waals surface area contributed by atoms with E-state index in [-0.39, 0.29) is 0 Å². The third kappa shape index (κ3) is 2.86. The van der Waals surface area contributed by atoms with E-state index in [1.165, 1.54) is 19.1 Å². The minimum Gasteiger partial charge on any atom is -0.382 e. The van der Waals surface area contributed by atoms with Gasteiger partial charge < -0.3 is 5.32 Å². The quantitative estimate of drug-likeness (QED) is 0.867. The molecule has 2 aliphatic carbocycles. The molecule has 1 fully saturated rings. The minimum atomic E-state index is -3.16. The van der Waals surface area contributed by atoms with E-state index < -0.39 is 9.84 Å². The van der Waals surface area contributed by atoms with Crippen LogP contribution in [0.4, 0.5) is 5.69 Å². The summed E-state index contributed by atoms with van der Waals surface area (Å²) in [7, 11) is -3.16. The number of allylic oxidation sites excluding steroid dienone is 2. The zero-order chi connectivity index (χ0) is 15.2. The lowest BCUT2D eigenvalue weighted by Gasteiger charge is -2.28. The summed E-state index contributed by atoms with van der Waals surface area (Å²) in [6, 6.07) is 5.69. The van der Waals surface area contributed by atoms with E-state index in [0.717, 1.165) is 17.2 Å². The van der Waals surface area contributed by atoms with E-state index in [1.807, 2.05) is 13.0 Å². The minimum absolute atomic E-state index is 0.360. The Hall–Kier alpha value is -1.29. The Morgan fingerprint density at radius 1 is 1.24 bits per heavy atom. The standard InChI is InChI=1S/C17H23NO2S/c1-11-4-7-15(21(3,19)20)10-17(11)18-12(2)16-9-13-5-6-14(16)8-13/h4-7,10,12-14,16,18H,8-9H2,1-3H3. The van der Waals surface area contributed by atoms with Gasteiger partial charge in [-0.1, -0.05) is 18.2 Å². The van der Waals surface area contributed by atoms with Crippen LogP contribution >= 0.6 is 0 Å². The monoisotopic (exact) mass is 305 g/mol. The van der Waals surface area contributed by atoms with Gasteiger partial charge in [0.05, 0.1) is 4.90 Å². The number of rotatable bonds is 4. The topological polar surface area (TPSA) is 46.2 Å². The first-order chi connectivity index (χ1) is 9.84. The third-order valence-electron chi connectivity index (χ3n) is 4.99. The molecule has 2 aliphatic rings. The molecule has 4 atom stereocenters. The lowest BCUT2D eigenvalue weighted by Crippen LogP contribution is -2.29. The van der Waals surface area contributed by atoms with Gasteiger partial charge in [-0.2, -0.15) is 0 Å². The van der Waals surface area contributed by atoms with Gasteiger partial charge in [0.25, 0.3) is 0 Å². The molecule has 0 saturated heterocycles. The summed E-state index contributed by atoms with van der Waals surface area (Å²) >= 11 is 0. The van der Waals surface area contributed by atoms with Crippen molar-refractivity contribution in [3.05, 3.63) is 35.9 Å². The molecule has 3 nitrogen and oxygen atoms in total. The van der Waals surface area contributed by atoms with Crippen molar-refractivity contribution in [1.29, 1.82) is 0 Å². The fraction of sp³-hybridized carbons (Fsp3) is 0.529. The Balaban J connectivity index is 1.80. The van der Waals surface area contributed by atoms with Gasteiger partial charge >= 0.3 is 0 Å². The summed E-state index contributed by atoms with van der Waals surface area (Å²) in [6.45, 7) is 4.23. The molecule has 1 aromatic rings. The molecule has 1 saturated carbocycles. The average Bonchev–Trinajstić information content (AvgIpc) is 3.02. The average molecular weight is 305 g/mol. The number of hydrogen-bond acceptors (Lipinski definition) is 3. The number of fused-ring (bicyclic) bond motifs is 2. The number of benzene rings is 1. The largest absolute Gasteiger partial charge is 0.382 e. The molecule has 1 N–H and O–H groups in total. The van der Waals surface area contributed by atoms with Crippen LogP contribution in [-0.2, 0) is 9.84 Å². The van der Waals surface area contributed by atoms with Gasteiger partial charge in [-0.25, -0.2) is 8.42 Å². The van der Waals surface area contributed by atoms with Crippen LogP contribution < -0.4 is 5.32 Å². The van der Waals surface area contributed by atoms with E-state index >= 15 is 0 Å². The second-order valence-corrected chi connectivity index (χ2v) is 8.64. The molecule has 114 valence electrons. The van der Waals surface area contributed by atoms with E-state index in [4.69, 9.17) is 0 Å². The van der Waals surface area contributed by atoms with Crippen molar-refractivity contribution in [2.75, 3.05) is 11.6 Å². The van der Waals surface area contributed by atoms with Gasteiger partial charge in [0.2, 0.25) is 0 Å². The van der Waals surface area contributed by atoms with Crippen molar-refractivity contribution in [2.45, 2.75) is 37.6 Å². The summed E-state index contributed by atoms with van der Waals surface area (Å²) in [5.74, 6) is 2.10. The highest BCUT2D eigenvalue weighted by Crippen LogP contribution is 2.45. The van der Waals surface area contributed by atoms with Crippen molar-refractivity contribution in [3.63, 3.8) is 0 Å². The number of anilines is 1. The molecule has 0 aliphatic heterocycles. The predicted octanol–water partition coefficient (Wildman–Crippen LogP) is 3.41. The highest BCUT2D eigenvalue weighted by Gasteiger charge is 2.38. The first-order valence-electron chi connectivity index (χ1n) is 7.60. The lowest BCUT2D eigenvalue weighted by molar-refractivity contribution is 0.399. The Kier molecular flexibility index (Phi) is 3.60. The second kappa shape index (κ2) is 5.16. The molecule has 4 heteroatoms. The Labute approximate surface area is 127 Å². The van der Waals surface area contributed by atoms with Gasteiger partial charge in [0.1, 0.15) is 0 Å². The Morgan fingerprint density at radius 3 is 2.57 bits per heavy atom. The Morgan fingerprint density at radius 2 is 2.00 bits per heavy atom. The molecule has 0 amide bonds. The lowest BCUT2D eigenvalue weighted by atomic mass is 9.87.